The molecule has 2 aromatic rings. The van der Waals surface area contributed by atoms with Gasteiger partial charge in [0.2, 0.25) is 5.91 Å². The van der Waals surface area contributed by atoms with E-state index < -0.39 is 0 Å². The minimum absolute atomic E-state index is 0.00738. The van der Waals surface area contributed by atoms with E-state index in [9.17, 15) is 9.59 Å². The van der Waals surface area contributed by atoms with Gasteiger partial charge in [0, 0.05) is 20.0 Å². The first-order chi connectivity index (χ1) is 11.1. The maximum absolute atomic E-state index is 12.2. The summed E-state index contributed by atoms with van der Waals surface area (Å²) in [7, 11) is 1.72. The third-order valence-corrected chi connectivity index (χ3v) is 3.76. The number of anilines is 1. The molecular weight excluding hydrogens is 296 g/mol. The Morgan fingerprint density at radius 3 is 2.87 bits per heavy atom. The molecule has 0 fully saturated rings. The topological polar surface area (TPSA) is 63.0 Å². The van der Waals surface area contributed by atoms with Crippen LogP contribution in [0.25, 0.3) is 0 Å². The molecule has 1 aromatic carbocycles. The molecule has 6 heteroatoms. The SMILES string of the molecule is CN(Cc1ccco1)C(=O)CCN1C(=O)COc2ccccc21. The van der Waals surface area contributed by atoms with E-state index in [1.165, 1.54) is 0 Å². The number of para-hydroxylation sites is 2. The molecule has 0 saturated carbocycles. The number of amides is 2. The molecular formula is C17H18N2O4. The van der Waals surface area contributed by atoms with Gasteiger partial charge in [-0.1, -0.05) is 12.1 Å². The molecule has 0 N–H and O–H groups in total. The van der Waals surface area contributed by atoms with Gasteiger partial charge in [-0.25, -0.2) is 0 Å². The number of hydrogen-bond acceptors (Lipinski definition) is 4. The van der Waals surface area contributed by atoms with E-state index in [1.54, 1.807) is 29.2 Å². The lowest BCUT2D eigenvalue weighted by Crippen LogP contribution is -2.41. The molecule has 0 atom stereocenters. The van der Waals surface area contributed by atoms with E-state index in [0.29, 0.717) is 24.5 Å². The Bertz CT molecular complexity index is 696. The van der Waals surface area contributed by atoms with Crippen LogP contribution in [0.4, 0.5) is 5.69 Å². The molecule has 1 aliphatic rings. The fourth-order valence-electron chi connectivity index (χ4n) is 2.52. The van der Waals surface area contributed by atoms with Crippen molar-refractivity contribution in [3.05, 3.63) is 48.4 Å². The van der Waals surface area contributed by atoms with Gasteiger partial charge in [0.15, 0.2) is 6.61 Å². The van der Waals surface area contributed by atoms with E-state index in [2.05, 4.69) is 0 Å². The number of hydrogen-bond donors (Lipinski definition) is 0. The molecule has 2 heterocycles. The third-order valence-electron chi connectivity index (χ3n) is 3.76. The summed E-state index contributed by atoms with van der Waals surface area (Å²) in [5, 5.41) is 0. The number of carbonyl (C=O) groups excluding carboxylic acids is 2. The minimum atomic E-state index is -0.134. The predicted molar refractivity (Wildman–Crippen MR) is 84.1 cm³/mol. The van der Waals surface area contributed by atoms with Crippen molar-refractivity contribution in [2.45, 2.75) is 13.0 Å². The maximum atomic E-state index is 12.2. The Morgan fingerprint density at radius 1 is 1.26 bits per heavy atom. The van der Waals surface area contributed by atoms with Crippen molar-refractivity contribution in [2.75, 3.05) is 25.1 Å². The Labute approximate surface area is 134 Å². The van der Waals surface area contributed by atoms with E-state index in [4.69, 9.17) is 9.15 Å². The highest BCUT2D eigenvalue weighted by molar-refractivity contribution is 5.98. The Balaban J connectivity index is 1.61. The molecule has 1 aromatic heterocycles. The second-order valence-corrected chi connectivity index (χ2v) is 5.38. The summed E-state index contributed by atoms with van der Waals surface area (Å²) < 4.78 is 10.6. The molecule has 0 spiro atoms. The van der Waals surface area contributed by atoms with Crippen molar-refractivity contribution in [3.63, 3.8) is 0 Å². The second-order valence-electron chi connectivity index (χ2n) is 5.38. The summed E-state index contributed by atoms with van der Waals surface area (Å²) in [6.07, 6.45) is 1.83. The number of rotatable bonds is 5. The van der Waals surface area contributed by atoms with Gasteiger partial charge >= 0.3 is 0 Å². The summed E-state index contributed by atoms with van der Waals surface area (Å²) in [5.41, 5.74) is 0.713. The van der Waals surface area contributed by atoms with Crippen molar-refractivity contribution >= 4 is 17.5 Å². The van der Waals surface area contributed by atoms with Gasteiger partial charge < -0.3 is 19.0 Å². The van der Waals surface area contributed by atoms with Gasteiger partial charge in [0.1, 0.15) is 11.5 Å². The average molecular weight is 314 g/mol. The highest BCUT2D eigenvalue weighted by Gasteiger charge is 2.25. The smallest absolute Gasteiger partial charge is 0.265 e. The van der Waals surface area contributed by atoms with Gasteiger partial charge in [-0.05, 0) is 24.3 Å². The van der Waals surface area contributed by atoms with Gasteiger partial charge in [0.25, 0.3) is 5.91 Å². The zero-order valence-electron chi connectivity index (χ0n) is 12.9. The van der Waals surface area contributed by atoms with E-state index in [0.717, 1.165) is 5.76 Å². The molecule has 23 heavy (non-hydrogen) atoms. The monoisotopic (exact) mass is 314 g/mol. The van der Waals surface area contributed by atoms with Crippen molar-refractivity contribution in [2.24, 2.45) is 0 Å². The first-order valence-electron chi connectivity index (χ1n) is 7.43. The van der Waals surface area contributed by atoms with Crippen LogP contribution in [0.5, 0.6) is 5.75 Å². The van der Waals surface area contributed by atoms with Crippen molar-refractivity contribution in [3.8, 4) is 5.75 Å². The average Bonchev–Trinajstić information content (AvgIpc) is 3.06. The number of carbonyl (C=O) groups is 2. The highest BCUT2D eigenvalue weighted by atomic mass is 16.5. The fourth-order valence-corrected chi connectivity index (χ4v) is 2.52. The Morgan fingerprint density at radius 2 is 2.09 bits per heavy atom. The lowest BCUT2D eigenvalue weighted by molar-refractivity contribution is -0.130. The second kappa shape index (κ2) is 6.56. The Hall–Kier alpha value is -2.76. The summed E-state index contributed by atoms with van der Waals surface area (Å²) in [6, 6.07) is 11.0. The van der Waals surface area contributed by atoms with Crippen LogP contribution in [0, 0.1) is 0 Å². The van der Waals surface area contributed by atoms with Crippen LogP contribution in [0.2, 0.25) is 0 Å². The third kappa shape index (κ3) is 3.36. The number of nitrogens with zero attached hydrogens (tertiary/aromatic N) is 2. The van der Waals surface area contributed by atoms with E-state index in [-0.39, 0.29) is 24.8 Å². The summed E-state index contributed by atoms with van der Waals surface area (Å²) in [4.78, 5) is 27.5. The van der Waals surface area contributed by atoms with Gasteiger partial charge in [-0.2, -0.15) is 0 Å². The normalized spacial score (nSPS) is 13.4. The molecule has 3 rings (SSSR count). The van der Waals surface area contributed by atoms with Gasteiger partial charge in [-0.3, -0.25) is 9.59 Å². The number of furan rings is 1. The minimum Gasteiger partial charge on any atom is -0.482 e. The maximum Gasteiger partial charge on any atom is 0.265 e. The van der Waals surface area contributed by atoms with E-state index >= 15 is 0 Å². The summed E-state index contributed by atoms with van der Waals surface area (Å²) in [5.74, 6) is 1.22. The van der Waals surface area contributed by atoms with Crippen LogP contribution >= 0.6 is 0 Å². The van der Waals surface area contributed by atoms with Crippen LogP contribution < -0.4 is 9.64 Å². The first kappa shape index (κ1) is 15.1. The Kier molecular flexibility index (Phi) is 4.32. The van der Waals surface area contributed by atoms with Crippen molar-refractivity contribution in [1.29, 1.82) is 0 Å². The standard InChI is InChI=1S/C17H18N2O4/c1-18(11-13-5-4-10-22-13)16(20)8-9-19-14-6-2-3-7-15(14)23-12-17(19)21/h2-7,10H,8-9,11-12H2,1H3. The quantitative estimate of drug-likeness (QED) is 0.847. The van der Waals surface area contributed by atoms with Crippen molar-refractivity contribution in [1.82, 2.24) is 4.90 Å². The first-order valence-corrected chi connectivity index (χ1v) is 7.43. The molecule has 0 bridgehead atoms. The summed E-state index contributed by atoms with van der Waals surface area (Å²) >= 11 is 0. The van der Waals surface area contributed by atoms with Crippen LogP contribution in [-0.4, -0.2) is 36.9 Å². The van der Waals surface area contributed by atoms with Crippen LogP contribution in [0.1, 0.15) is 12.2 Å². The highest BCUT2D eigenvalue weighted by Crippen LogP contribution is 2.31. The largest absolute Gasteiger partial charge is 0.482 e. The zero-order valence-corrected chi connectivity index (χ0v) is 12.9. The molecule has 6 nitrogen and oxygen atoms in total. The van der Waals surface area contributed by atoms with Crippen molar-refractivity contribution < 1.29 is 18.7 Å². The lowest BCUT2D eigenvalue weighted by Gasteiger charge is -2.29. The molecule has 0 aliphatic carbocycles. The number of ether oxygens (including phenoxy) is 1. The predicted octanol–water partition coefficient (Wildman–Crippen LogP) is 2.05. The zero-order chi connectivity index (χ0) is 16.2. The molecule has 0 radical (unpaired) electrons. The molecule has 2 amide bonds. The van der Waals surface area contributed by atoms with E-state index in [1.807, 2.05) is 30.3 Å². The molecule has 0 unspecified atom stereocenters. The molecule has 120 valence electrons. The fraction of sp³-hybridized carbons (Fsp3) is 0.294. The van der Waals surface area contributed by atoms with Crippen LogP contribution in [-0.2, 0) is 16.1 Å². The lowest BCUT2D eigenvalue weighted by atomic mass is 10.2. The van der Waals surface area contributed by atoms with Crippen LogP contribution in [0.3, 0.4) is 0 Å². The summed E-state index contributed by atoms with van der Waals surface area (Å²) in [6.45, 7) is 0.757. The van der Waals surface area contributed by atoms with Gasteiger partial charge in [-0.15, -0.1) is 0 Å². The van der Waals surface area contributed by atoms with Gasteiger partial charge in [0.05, 0.1) is 18.5 Å². The number of benzene rings is 1. The van der Waals surface area contributed by atoms with Crippen LogP contribution in [0.15, 0.2) is 47.1 Å². The molecule has 1 aliphatic heterocycles. The number of fused-ring (bicyclic) bond motifs is 1. The molecule has 0 saturated heterocycles.